The van der Waals surface area contributed by atoms with Crippen molar-refractivity contribution in [1.29, 1.82) is 0 Å². The van der Waals surface area contributed by atoms with E-state index in [-0.39, 0.29) is 11.9 Å². The number of likely N-dealkylation sites (tertiary alicyclic amines) is 1. The molecule has 0 bridgehead atoms. The maximum atomic E-state index is 12.1. The van der Waals surface area contributed by atoms with Gasteiger partial charge in [0.15, 0.2) is 0 Å². The monoisotopic (exact) mass is 431 g/mol. The summed E-state index contributed by atoms with van der Waals surface area (Å²) in [7, 11) is 3.19. The van der Waals surface area contributed by atoms with Gasteiger partial charge in [-0.1, -0.05) is 12.5 Å². The number of hydrogen-bond acceptors (Lipinski definition) is 6. The average Bonchev–Trinajstić information content (AvgIpc) is 3.45. The van der Waals surface area contributed by atoms with Crippen LogP contribution in [0.25, 0.3) is 10.9 Å². The Morgan fingerprint density at radius 2 is 1.97 bits per heavy atom. The second-order valence-electron chi connectivity index (χ2n) is 7.63. The van der Waals surface area contributed by atoms with Gasteiger partial charge >= 0.3 is 0 Å². The molecule has 0 saturated carbocycles. The molecule has 1 amide bonds. The zero-order valence-electron chi connectivity index (χ0n) is 18.4. The molecule has 4 rings (SSSR count). The molecule has 1 aliphatic heterocycles. The Morgan fingerprint density at radius 1 is 1.25 bits per heavy atom. The van der Waals surface area contributed by atoms with Crippen molar-refractivity contribution in [1.82, 2.24) is 19.7 Å². The van der Waals surface area contributed by atoms with E-state index < -0.39 is 0 Å². The first-order valence-corrected chi connectivity index (χ1v) is 10.2. The summed E-state index contributed by atoms with van der Waals surface area (Å²) in [5, 5.41) is 5.53. The zero-order chi connectivity index (χ0) is 22.8. The van der Waals surface area contributed by atoms with Crippen molar-refractivity contribution in [2.24, 2.45) is 0 Å². The topological polar surface area (TPSA) is 95.5 Å². The maximum Gasteiger partial charge on any atom is 0.246 e. The van der Waals surface area contributed by atoms with Crippen LogP contribution >= 0.6 is 0 Å². The van der Waals surface area contributed by atoms with E-state index in [4.69, 9.17) is 20.3 Å². The fourth-order valence-corrected chi connectivity index (χ4v) is 3.98. The largest absolute Gasteiger partial charge is 0.497 e. The Kier molecular flexibility index (Phi) is 5.73. The van der Waals surface area contributed by atoms with Crippen molar-refractivity contribution in [2.75, 3.05) is 33.0 Å². The SMILES string of the molecule is C=CC(=O)N1CCC(n2nc(C#Cc3cc(OC)cc(OC)c3)c3c(N)ncc(C)c32)C1. The van der Waals surface area contributed by atoms with Crippen LogP contribution in [0.1, 0.15) is 29.3 Å². The van der Waals surface area contributed by atoms with E-state index in [9.17, 15) is 4.79 Å². The Morgan fingerprint density at radius 3 is 2.62 bits per heavy atom. The fraction of sp³-hybridized carbons (Fsp3) is 0.292. The van der Waals surface area contributed by atoms with E-state index in [0.717, 1.165) is 28.5 Å². The van der Waals surface area contributed by atoms with Crippen LogP contribution in [0.4, 0.5) is 5.82 Å². The minimum atomic E-state index is -0.0751. The molecule has 1 aromatic carbocycles. The average molecular weight is 431 g/mol. The number of aromatic nitrogens is 3. The normalized spacial score (nSPS) is 15.3. The van der Waals surface area contributed by atoms with Gasteiger partial charge in [-0.05, 0) is 43.0 Å². The number of ether oxygens (including phenoxy) is 2. The summed E-state index contributed by atoms with van der Waals surface area (Å²) >= 11 is 0. The van der Waals surface area contributed by atoms with Crippen LogP contribution in [-0.2, 0) is 4.79 Å². The van der Waals surface area contributed by atoms with Crippen molar-refractivity contribution >= 4 is 22.6 Å². The highest BCUT2D eigenvalue weighted by molar-refractivity contribution is 5.95. The van der Waals surface area contributed by atoms with Gasteiger partial charge in [0.1, 0.15) is 23.0 Å². The van der Waals surface area contributed by atoms with Gasteiger partial charge in [-0.3, -0.25) is 9.48 Å². The molecule has 32 heavy (non-hydrogen) atoms. The quantitative estimate of drug-likeness (QED) is 0.504. The number of nitrogen functional groups attached to an aromatic ring is 1. The lowest BCUT2D eigenvalue weighted by molar-refractivity contribution is -0.125. The highest BCUT2D eigenvalue weighted by atomic mass is 16.5. The number of hydrogen-bond donors (Lipinski definition) is 1. The van der Waals surface area contributed by atoms with Gasteiger partial charge in [-0.2, -0.15) is 5.10 Å². The summed E-state index contributed by atoms with van der Waals surface area (Å²) in [6.07, 6.45) is 3.87. The highest BCUT2D eigenvalue weighted by Crippen LogP contribution is 2.31. The van der Waals surface area contributed by atoms with Crippen molar-refractivity contribution < 1.29 is 14.3 Å². The van der Waals surface area contributed by atoms with Gasteiger partial charge in [0.25, 0.3) is 0 Å². The lowest BCUT2D eigenvalue weighted by atomic mass is 10.1. The van der Waals surface area contributed by atoms with Gasteiger partial charge < -0.3 is 20.1 Å². The predicted molar refractivity (Wildman–Crippen MR) is 123 cm³/mol. The number of nitrogens with two attached hydrogens (primary N) is 1. The van der Waals surface area contributed by atoms with Crippen molar-refractivity contribution in [3.8, 4) is 23.3 Å². The minimum absolute atomic E-state index is 0.0226. The van der Waals surface area contributed by atoms with Gasteiger partial charge in [0.2, 0.25) is 5.91 Å². The molecule has 8 heteroatoms. The molecule has 3 aromatic rings. The molecule has 0 spiro atoms. The number of benzene rings is 1. The number of carbonyl (C=O) groups excluding carboxylic acids is 1. The Balaban J connectivity index is 1.80. The van der Waals surface area contributed by atoms with Gasteiger partial charge in [-0.25, -0.2) is 4.98 Å². The lowest BCUT2D eigenvalue weighted by Crippen LogP contribution is -2.27. The van der Waals surface area contributed by atoms with Crippen LogP contribution in [0.5, 0.6) is 11.5 Å². The minimum Gasteiger partial charge on any atom is -0.497 e. The molecule has 8 nitrogen and oxygen atoms in total. The molecule has 2 aromatic heterocycles. The van der Waals surface area contributed by atoms with Crippen LogP contribution < -0.4 is 15.2 Å². The van der Waals surface area contributed by atoms with Gasteiger partial charge in [0.05, 0.1) is 31.2 Å². The third-order valence-corrected chi connectivity index (χ3v) is 5.61. The third kappa shape index (κ3) is 3.85. The molecule has 2 N–H and O–H groups in total. The van der Waals surface area contributed by atoms with Gasteiger partial charge in [-0.15, -0.1) is 0 Å². The van der Waals surface area contributed by atoms with E-state index in [1.54, 1.807) is 31.4 Å². The maximum absolute atomic E-state index is 12.1. The summed E-state index contributed by atoms with van der Waals surface area (Å²) in [6.45, 7) is 6.77. The number of rotatable bonds is 4. The number of fused-ring (bicyclic) bond motifs is 1. The molecule has 0 aliphatic carbocycles. The Bertz CT molecular complexity index is 1250. The second-order valence-corrected chi connectivity index (χ2v) is 7.63. The van der Waals surface area contributed by atoms with Crippen LogP contribution in [-0.4, -0.2) is 52.9 Å². The summed E-state index contributed by atoms with van der Waals surface area (Å²) in [4.78, 5) is 18.1. The number of aryl methyl sites for hydroxylation is 1. The predicted octanol–water partition coefficient (Wildman–Crippen LogP) is 2.70. The number of pyridine rings is 1. The van der Waals surface area contributed by atoms with Crippen LogP contribution in [0.2, 0.25) is 0 Å². The summed E-state index contributed by atoms with van der Waals surface area (Å²) in [5.74, 6) is 7.90. The molecule has 1 aliphatic rings. The summed E-state index contributed by atoms with van der Waals surface area (Å²) < 4.78 is 12.6. The molecule has 164 valence electrons. The highest BCUT2D eigenvalue weighted by Gasteiger charge is 2.29. The third-order valence-electron chi connectivity index (χ3n) is 5.61. The van der Waals surface area contributed by atoms with E-state index in [1.807, 2.05) is 23.7 Å². The van der Waals surface area contributed by atoms with E-state index in [1.165, 1.54) is 6.08 Å². The molecular formula is C24H25N5O3. The van der Waals surface area contributed by atoms with E-state index in [0.29, 0.717) is 36.1 Å². The number of carbonyl (C=O) groups is 1. The first-order valence-electron chi connectivity index (χ1n) is 10.2. The first-order chi connectivity index (χ1) is 15.4. The summed E-state index contributed by atoms with van der Waals surface area (Å²) in [5.41, 5.74) is 9.36. The van der Waals surface area contributed by atoms with E-state index in [2.05, 4.69) is 23.4 Å². The smallest absolute Gasteiger partial charge is 0.246 e. The molecule has 1 atom stereocenters. The number of nitrogens with zero attached hydrogens (tertiary/aromatic N) is 4. The van der Waals surface area contributed by atoms with Crippen molar-refractivity contribution in [3.05, 3.63) is 53.9 Å². The number of methoxy groups -OCH3 is 2. The lowest BCUT2D eigenvalue weighted by Gasteiger charge is -2.15. The van der Waals surface area contributed by atoms with Crippen molar-refractivity contribution in [3.63, 3.8) is 0 Å². The summed E-state index contributed by atoms with van der Waals surface area (Å²) in [6, 6.07) is 5.47. The zero-order valence-corrected chi connectivity index (χ0v) is 18.4. The molecular weight excluding hydrogens is 406 g/mol. The van der Waals surface area contributed by atoms with Crippen LogP contribution in [0.3, 0.4) is 0 Å². The fourth-order valence-electron chi connectivity index (χ4n) is 3.98. The standard InChI is InChI=1S/C24H25N5O3/c1-5-21(30)28-9-8-17(14-28)29-23-15(2)13-26-24(25)22(23)20(27-29)7-6-16-10-18(31-3)12-19(11-16)32-4/h5,10-13,17H,1,8-9,14H2,2-4H3,(H2,25,26). The molecule has 1 unspecified atom stereocenters. The van der Waals surface area contributed by atoms with Crippen LogP contribution in [0, 0.1) is 18.8 Å². The number of amides is 1. The second kappa shape index (κ2) is 8.63. The molecule has 1 saturated heterocycles. The van der Waals surface area contributed by atoms with Gasteiger partial charge in [0, 0.05) is 30.9 Å². The molecule has 0 radical (unpaired) electrons. The van der Waals surface area contributed by atoms with Crippen molar-refractivity contribution in [2.45, 2.75) is 19.4 Å². The number of anilines is 1. The molecule has 1 fully saturated rings. The Labute approximate surface area is 186 Å². The molecule has 3 heterocycles. The first kappa shape index (κ1) is 21.2. The Hall–Kier alpha value is -3.99. The van der Waals surface area contributed by atoms with E-state index >= 15 is 0 Å². The van der Waals surface area contributed by atoms with Crippen LogP contribution in [0.15, 0.2) is 37.1 Å².